The fourth-order valence-electron chi connectivity index (χ4n) is 5.36. The van der Waals surface area contributed by atoms with Gasteiger partial charge in [0.2, 0.25) is 5.54 Å². The molecule has 1 aromatic rings. The summed E-state index contributed by atoms with van der Waals surface area (Å²) < 4.78 is 18.9. The number of nitrogens with two attached hydrogens (primary N) is 2. The lowest BCUT2D eigenvalue weighted by Crippen LogP contribution is -2.67. The molecule has 1 aliphatic carbocycles. The summed E-state index contributed by atoms with van der Waals surface area (Å²) in [4.78, 5) is 52.4. The number of carbonyl (C=O) groups excluding carboxylic acids is 4. The normalized spacial score (nSPS) is 31.2. The zero-order chi connectivity index (χ0) is 26.8. The molecular formula is C26H34N4O6S. The number of primary amides is 2. The zero-order valence-electron chi connectivity index (χ0n) is 20.9. The highest BCUT2D eigenvalue weighted by Crippen LogP contribution is 2.50. The van der Waals surface area contributed by atoms with Gasteiger partial charge in [-0.2, -0.15) is 0 Å². The molecule has 2 heterocycles. The summed E-state index contributed by atoms with van der Waals surface area (Å²) in [5.41, 5.74) is 10.0. The molecule has 4 unspecified atom stereocenters. The second-order valence-corrected chi connectivity index (χ2v) is 11.8. The fraction of sp³-hybridized carbons (Fsp3) is 0.538. The van der Waals surface area contributed by atoms with Gasteiger partial charge in [0.25, 0.3) is 17.7 Å². The number of hydrogen-bond donors (Lipinski definition) is 3. The molecule has 11 heteroatoms. The maximum atomic E-state index is 13.9. The first-order valence-electron chi connectivity index (χ1n) is 12.7. The molecule has 2 fully saturated rings. The van der Waals surface area contributed by atoms with Crippen molar-refractivity contribution in [3.05, 3.63) is 42.0 Å². The van der Waals surface area contributed by atoms with E-state index in [4.69, 9.17) is 16.2 Å². The molecule has 2 aliphatic heterocycles. The van der Waals surface area contributed by atoms with Crippen LogP contribution in [-0.4, -0.2) is 56.0 Å². The van der Waals surface area contributed by atoms with E-state index in [2.05, 4.69) is 5.32 Å². The van der Waals surface area contributed by atoms with Crippen molar-refractivity contribution in [2.24, 2.45) is 17.4 Å². The summed E-state index contributed by atoms with van der Waals surface area (Å²) in [5.74, 6) is -2.64. The highest BCUT2D eigenvalue weighted by atomic mass is 32.2. The summed E-state index contributed by atoms with van der Waals surface area (Å²) in [6.45, 7) is 2.02. The van der Waals surface area contributed by atoms with Crippen LogP contribution in [0.15, 0.2) is 41.3 Å². The van der Waals surface area contributed by atoms with Gasteiger partial charge in [-0.25, -0.2) is 4.79 Å². The van der Waals surface area contributed by atoms with Gasteiger partial charge in [-0.05, 0) is 64.0 Å². The summed E-state index contributed by atoms with van der Waals surface area (Å²) in [6, 6.07) is 7.24. The molecule has 0 radical (unpaired) electrons. The zero-order valence-corrected chi connectivity index (χ0v) is 21.8. The van der Waals surface area contributed by atoms with Gasteiger partial charge in [0, 0.05) is 17.4 Å². The number of allylic oxidation sites excluding steroid dienone is 1. The first-order valence-corrected chi connectivity index (χ1v) is 13.8. The van der Waals surface area contributed by atoms with Crippen LogP contribution in [0.4, 0.5) is 4.79 Å². The fourth-order valence-corrected chi connectivity index (χ4v) is 7.03. The van der Waals surface area contributed by atoms with Crippen molar-refractivity contribution in [2.45, 2.75) is 79.7 Å². The van der Waals surface area contributed by atoms with E-state index in [1.54, 1.807) is 12.1 Å². The third kappa shape index (κ3) is 5.14. The average Bonchev–Trinajstić information content (AvgIpc) is 3.34. The highest BCUT2D eigenvalue weighted by molar-refractivity contribution is 7.86. The van der Waals surface area contributed by atoms with Crippen molar-refractivity contribution >= 4 is 34.6 Å². The van der Waals surface area contributed by atoms with E-state index in [-0.39, 0.29) is 25.3 Å². The molecule has 4 rings (SSSR count). The topological polar surface area (TPSA) is 162 Å². The first-order chi connectivity index (χ1) is 17.6. The minimum atomic E-state index is -1.99. The van der Waals surface area contributed by atoms with Gasteiger partial charge in [-0.3, -0.25) is 18.6 Å². The molecule has 1 aromatic carbocycles. The monoisotopic (exact) mass is 530 g/mol. The number of carbonyl (C=O) groups is 4. The Labute approximate surface area is 218 Å². The van der Waals surface area contributed by atoms with Gasteiger partial charge in [0.05, 0.1) is 10.8 Å². The molecule has 1 saturated heterocycles. The number of nitrogens with zero attached hydrogens (tertiary/aromatic N) is 1. The average molecular weight is 531 g/mol. The van der Waals surface area contributed by atoms with Crippen LogP contribution in [0.25, 0.3) is 0 Å². The lowest BCUT2D eigenvalue weighted by atomic mass is 9.92. The molecule has 1 saturated carbocycles. The molecule has 4 amide bonds. The van der Waals surface area contributed by atoms with Crippen LogP contribution in [0.2, 0.25) is 0 Å². The maximum absolute atomic E-state index is 13.9. The smallest absolute Gasteiger partial charge is 0.405 e. The predicted octanol–water partition coefficient (Wildman–Crippen LogP) is 1.77. The SMILES string of the molecule is Cc1ccc([S@@](=O)C23CC2C=CCCCCCC(OC(N)=O)C(=O)N2CCCC2(C(N)=O)C(=O)N3)cc1. The summed E-state index contributed by atoms with van der Waals surface area (Å²) in [5, 5.41) is 2.90. The van der Waals surface area contributed by atoms with Crippen LogP contribution in [0.5, 0.6) is 0 Å². The van der Waals surface area contributed by atoms with Crippen molar-refractivity contribution in [3.8, 4) is 0 Å². The number of amides is 4. The van der Waals surface area contributed by atoms with Crippen LogP contribution in [0.3, 0.4) is 0 Å². The van der Waals surface area contributed by atoms with Gasteiger partial charge in [-0.15, -0.1) is 0 Å². The van der Waals surface area contributed by atoms with Crippen LogP contribution in [0, 0.1) is 12.8 Å². The van der Waals surface area contributed by atoms with Gasteiger partial charge in [0.1, 0.15) is 4.87 Å². The van der Waals surface area contributed by atoms with Crippen LogP contribution in [0.1, 0.15) is 56.9 Å². The number of fused-ring (bicyclic) bond motifs is 2. The first kappa shape index (κ1) is 26.8. The molecule has 0 aromatic heterocycles. The Kier molecular flexibility index (Phi) is 7.72. The third-order valence-corrected chi connectivity index (χ3v) is 9.46. The highest BCUT2D eigenvalue weighted by Gasteiger charge is 2.64. The van der Waals surface area contributed by atoms with E-state index in [1.807, 2.05) is 31.2 Å². The number of hydrogen-bond acceptors (Lipinski definition) is 6. The second-order valence-electron chi connectivity index (χ2n) is 10.0. The molecule has 0 spiro atoms. The Morgan fingerprint density at radius 2 is 1.84 bits per heavy atom. The number of ether oxygens (including phenoxy) is 1. The largest absolute Gasteiger partial charge is 0.436 e. The lowest BCUT2D eigenvalue weighted by Gasteiger charge is -2.37. The number of nitrogens with one attached hydrogen (secondary N) is 1. The molecule has 200 valence electrons. The van der Waals surface area contributed by atoms with E-state index in [1.165, 1.54) is 0 Å². The van der Waals surface area contributed by atoms with Crippen molar-refractivity contribution in [1.29, 1.82) is 0 Å². The van der Waals surface area contributed by atoms with Crippen molar-refractivity contribution in [1.82, 2.24) is 10.2 Å². The number of rotatable bonds is 4. The Balaban J connectivity index is 1.73. The maximum Gasteiger partial charge on any atom is 0.405 e. The number of aryl methyl sites for hydroxylation is 1. The number of benzene rings is 1. The van der Waals surface area contributed by atoms with Crippen molar-refractivity contribution in [3.63, 3.8) is 0 Å². The van der Waals surface area contributed by atoms with E-state index < -0.39 is 51.1 Å². The van der Waals surface area contributed by atoms with Crippen molar-refractivity contribution < 1.29 is 28.1 Å². The molecule has 5 N–H and O–H groups in total. The van der Waals surface area contributed by atoms with Gasteiger partial charge < -0.3 is 26.4 Å². The minimum absolute atomic E-state index is 0.0109. The Morgan fingerprint density at radius 3 is 2.51 bits per heavy atom. The summed E-state index contributed by atoms with van der Waals surface area (Å²) >= 11 is 0. The standard InChI is InChI=1S/C26H34N4O6S/c1-17-10-12-19(13-11-17)37(35)26-16-18(26)8-5-3-2-4-6-9-20(36-24(28)34)21(31)30-15-7-14-25(30,22(27)32)23(33)29-26/h5,8,10-13,18,20H,2-4,6-7,9,14-16H2,1H3,(H2,27,32)(H2,28,34)(H,29,33)/t18?,20?,25?,26?,37-/m1/s1. The van der Waals surface area contributed by atoms with Crippen LogP contribution >= 0.6 is 0 Å². The second kappa shape index (κ2) is 10.6. The third-order valence-electron chi connectivity index (χ3n) is 7.52. The molecule has 3 aliphatic rings. The van der Waals surface area contributed by atoms with E-state index in [0.29, 0.717) is 24.2 Å². The van der Waals surface area contributed by atoms with E-state index in [0.717, 1.165) is 29.7 Å². The van der Waals surface area contributed by atoms with Crippen molar-refractivity contribution in [2.75, 3.05) is 6.54 Å². The Bertz CT molecular complexity index is 1140. The Hall–Kier alpha value is -3.21. The van der Waals surface area contributed by atoms with E-state index in [9.17, 15) is 23.4 Å². The summed E-state index contributed by atoms with van der Waals surface area (Å²) in [7, 11) is -1.63. The van der Waals surface area contributed by atoms with Gasteiger partial charge >= 0.3 is 6.09 Å². The summed E-state index contributed by atoms with van der Waals surface area (Å²) in [6.07, 6.45) is 5.62. The minimum Gasteiger partial charge on any atom is -0.436 e. The molecule has 37 heavy (non-hydrogen) atoms. The Morgan fingerprint density at radius 1 is 1.11 bits per heavy atom. The van der Waals surface area contributed by atoms with Crippen LogP contribution in [-0.2, 0) is 29.9 Å². The lowest BCUT2D eigenvalue weighted by molar-refractivity contribution is -0.157. The molecular weight excluding hydrogens is 496 g/mol. The predicted molar refractivity (Wildman–Crippen MR) is 136 cm³/mol. The van der Waals surface area contributed by atoms with Gasteiger partial charge in [0.15, 0.2) is 6.10 Å². The molecule has 0 bridgehead atoms. The van der Waals surface area contributed by atoms with Gasteiger partial charge in [-0.1, -0.05) is 36.3 Å². The van der Waals surface area contributed by atoms with E-state index >= 15 is 0 Å². The van der Waals surface area contributed by atoms with Crippen LogP contribution < -0.4 is 16.8 Å². The quantitative estimate of drug-likeness (QED) is 0.397. The molecule has 10 nitrogen and oxygen atoms in total. The molecule has 5 atom stereocenters.